The lowest BCUT2D eigenvalue weighted by Gasteiger charge is -2.36. The summed E-state index contributed by atoms with van der Waals surface area (Å²) < 4.78 is 6.07. The Kier molecular flexibility index (Phi) is 4.49. The lowest BCUT2D eigenvalue weighted by Crippen LogP contribution is -2.19. The zero-order valence-electron chi connectivity index (χ0n) is 14.5. The Morgan fingerprint density at radius 1 is 0.960 bits per heavy atom. The van der Waals surface area contributed by atoms with Gasteiger partial charge in [0.25, 0.3) is 0 Å². The van der Waals surface area contributed by atoms with Gasteiger partial charge in [0.15, 0.2) is 0 Å². The molecule has 1 atom stereocenters. The van der Waals surface area contributed by atoms with Gasteiger partial charge in [-0.2, -0.15) is 41.5 Å². The van der Waals surface area contributed by atoms with E-state index in [0.29, 0.717) is 12.5 Å². The van der Waals surface area contributed by atoms with Crippen molar-refractivity contribution in [3.8, 4) is 11.1 Å². The van der Waals surface area contributed by atoms with Gasteiger partial charge in [-0.05, 0) is 30.1 Å². The van der Waals surface area contributed by atoms with Gasteiger partial charge < -0.3 is 4.74 Å². The number of benzene rings is 2. The van der Waals surface area contributed by atoms with Gasteiger partial charge in [-0.3, -0.25) is 0 Å². The topological polar surface area (TPSA) is 9.23 Å². The van der Waals surface area contributed by atoms with Crippen LogP contribution in [0.1, 0.15) is 23.6 Å². The lowest BCUT2D eigenvalue weighted by molar-refractivity contribution is 0.146. The van der Waals surface area contributed by atoms with Crippen molar-refractivity contribution >= 4 is 6.08 Å². The maximum absolute atomic E-state index is 6.07. The molecular formula is C24H22O-2. The van der Waals surface area contributed by atoms with Crippen LogP contribution in [0.15, 0.2) is 78.9 Å². The van der Waals surface area contributed by atoms with Crippen molar-refractivity contribution in [1.29, 1.82) is 0 Å². The first-order valence-electron chi connectivity index (χ1n) is 8.93. The SMILES string of the molecule is CCO[C-](c1ccc(-c2ccccc2)cc1)C1C=Cc2ccc[c-]2C1. The van der Waals surface area contributed by atoms with Gasteiger partial charge in [-0.1, -0.05) is 36.8 Å². The van der Waals surface area contributed by atoms with E-state index in [1.54, 1.807) is 0 Å². The summed E-state index contributed by atoms with van der Waals surface area (Å²) in [5.74, 6) is 0.303. The summed E-state index contributed by atoms with van der Waals surface area (Å²) in [5.41, 5.74) is 6.40. The number of hydrogen-bond acceptors (Lipinski definition) is 1. The molecule has 0 aromatic heterocycles. The van der Waals surface area contributed by atoms with E-state index in [2.05, 4.69) is 85.8 Å². The molecule has 0 spiro atoms. The Bertz CT molecular complexity index is 839. The smallest absolute Gasteiger partial charge is 0.0346 e. The van der Waals surface area contributed by atoms with E-state index in [0.717, 1.165) is 12.5 Å². The van der Waals surface area contributed by atoms with Crippen molar-refractivity contribution < 1.29 is 4.74 Å². The molecule has 0 radical (unpaired) electrons. The molecule has 1 aliphatic rings. The average molecular weight is 326 g/mol. The second kappa shape index (κ2) is 7.08. The van der Waals surface area contributed by atoms with Crippen LogP contribution in [-0.2, 0) is 11.2 Å². The van der Waals surface area contributed by atoms with Gasteiger partial charge in [0.2, 0.25) is 0 Å². The van der Waals surface area contributed by atoms with Crippen molar-refractivity contribution in [1.82, 2.24) is 0 Å². The first-order chi connectivity index (χ1) is 12.3. The molecule has 3 aromatic carbocycles. The molecule has 1 unspecified atom stereocenters. The Labute approximate surface area is 150 Å². The van der Waals surface area contributed by atoms with Crippen LogP contribution in [0.5, 0.6) is 0 Å². The molecule has 0 amide bonds. The second-order valence-corrected chi connectivity index (χ2v) is 6.42. The van der Waals surface area contributed by atoms with Gasteiger partial charge in [0, 0.05) is 6.61 Å². The standard InChI is InChI=1S/C24H22O/c1-2-25-24(23-16-13-19-9-6-10-22(19)17-23)21-14-11-20(12-15-21)18-7-4-3-5-8-18/h3-16,23H,2,17H2,1H3/q-2. The molecule has 0 saturated heterocycles. The van der Waals surface area contributed by atoms with Crippen molar-refractivity contribution in [2.45, 2.75) is 13.3 Å². The van der Waals surface area contributed by atoms with E-state index >= 15 is 0 Å². The molecule has 0 fully saturated rings. The molecule has 0 saturated carbocycles. The quantitative estimate of drug-likeness (QED) is 0.532. The number of rotatable bonds is 5. The van der Waals surface area contributed by atoms with Crippen molar-refractivity contribution in [2.75, 3.05) is 6.61 Å². The third kappa shape index (κ3) is 3.29. The third-order valence-electron chi connectivity index (χ3n) is 4.81. The van der Waals surface area contributed by atoms with E-state index < -0.39 is 0 Å². The Morgan fingerprint density at radius 2 is 1.72 bits per heavy atom. The van der Waals surface area contributed by atoms with E-state index in [1.807, 2.05) is 6.07 Å². The number of fused-ring (bicyclic) bond motifs is 1. The largest absolute Gasteiger partial charge is 0.410 e. The summed E-state index contributed by atoms with van der Waals surface area (Å²) in [6, 6.07) is 25.7. The maximum atomic E-state index is 6.07. The summed E-state index contributed by atoms with van der Waals surface area (Å²) in [7, 11) is 0. The van der Waals surface area contributed by atoms with Crippen molar-refractivity contribution in [3.63, 3.8) is 0 Å². The molecule has 1 heteroatoms. The van der Waals surface area contributed by atoms with Gasteiger partial charge in [0.05, 0.1) is 0 Å². The minimum Gasteiger partial charge on any atom is -0.410 e. The molecule has 0 heterocycles. The molecule has 3 aromatic rings. The highest BCUT2D eigenvalue weighted by Gasteiger charge is 2.16. The molecule has 1 aliphatic carbocycles. The van der Waals surface area contributed by atoms with Crippen LogP contribution in [0, 0.1) is 12.0 Å². The van der Waals surface area contributed by atoms with Gasteiger partial charge in [0.1, 0.15) is 0 Å². The first kappa shape index (κ1) is 15.9. The fourth-order valence-corrected chi connectivity index (χ4v) is 3.54. The predicted octanol–water partition coefficient (Wildman–Crippen LogP) is 5.87. The van der Waals surface area contributed by atoms with E-state index in [9.17, 15) is 0 Å². The fraction of sp³-hybridized carbons (Fsp3) is 0.167. The molecule has 0 bridgehead atoms. The molecule has 0 N–H and O–H groups in total. The first-order valence-corrected chi connectivity index (χ1v) is 8.93. The van der Waals surface area contributed by atoms with Crippen LogP contribution in [0.2, 0.25) is 0 Å². The fourth-order valence-electron chi connectivity index (χ4n) is 3.54. The normalized spacial score (nSPS) is 15.8. The van der Waals surface area contributed by atoms with Crippen LogP contribution >= 0.6 is 0 Å². The Balaban J connectivity index is 1.59. The van der Waals surface area contributed by atoms with Gasteiger partial charge >= 0.3 is 0 Å². The average Bonchev–Trinajstić information content (AvgIpc) is 3.15. The summed E-state index contributed by atoms with van der Waals surface area (Å²) in [5, 5.41) is 0. The minimum absolute atomic E-state index is 0.303. The third-order valence-corrected chi connectivity index (χ3v) is 4.81. The van der Waals surface area contributed by atoms with Gasteiger partial charge in [-0.15, -0.1) is 29.8 Å². The maximum Gasteiger partial charge on any atom is 0.0346 e. The zero-order chi connectivity index (χ0) is 17.1. The summed E-state index contributed by atoms with van der Waals surface area (Å²) >= 11 is 0. The predicted molar refractivity (Wildman–Crippen MR) is 104 cm³/mol. The highest BCUT2D eigenvalue weighted by Crippen LogP contribution is 2.35. The minimum atomic E-state index is 0.303. The highest BCUT2D eigenvalue weighted by molar-refractivity contribution is 5.64. The van der Waals surface area contributed by atoms with Crippen LogP contribution in [0.3, 0.4) is 0 Å². The molecule has 0 aliphatic heterocycles. The molecule has 126 valence electrons. The highest BCUT2D eigenvalue weighted by atomic mass is 16.5. The second-order valence-electron chi connectivity index (χ2n) is 6.42. The van der Waals surface area contributed by atoms with E-state index in [4.69, 9.17) is 4.74 Å². The number of hydrogen-bond donors (Lipinski definition) is 0. The van der Waals surface area contributed by atoms with Gasteiger partial charge in [-0.25, -0.2) is 0 Å². The van der Waals surface area contributed by atoms with E-state index in [-0.39, 0.29) is 0 Å². The monoisotopic (exact) mass is 326 g/mol. The molecular weight excluding hydrogens is 304 g/mol. The molecule has 1 nitrogen and oxygen atoms in total. The number of ether oxygens (including phenoxy) is 1. The summed E-state index contributed by atoms with van der Waals surface area (Å²) in [6.07, 6.45) is 6.58. The zero-order valence-corrected chi connectivity index (χ0v) is 14.5. The van der Waals surface area contributed by atoms with Crippen LogP contribution in [0.4, 0.5) is 0 Å². The lowest BCUT2D eigenvalue weighted by atomic mass is 9.85. The van der Waals surface area contributed by atoms with Crippen LogP contribution < -0.4 is 0 Å². The van der Waals surface area contributed by atoms with E-state index in [1.165, 1.54) is 27.8 Å². The summed E-state index contributed by atoms with van der Waals surface area (Å²) in [4.78, 5) is 0. The Morgan fingerprint density at radius 3 is 2.48 bits per heavy atom. The summed E-state index contributed by atoms with van der Waals surface area (Å²) in [6.45, 7) is 2.74. The van der Waals surface area contributed by atoms with Crippen LogP contribution in [0.25, 0.3) is 17.2 Å². The Hall–Kier alpha value is -2.64. The van der Waals surface area contributed by atoms with Crippen LogP contribution in [-0.4, -0.2) is 6.61 Å². The van der Waals surface area contributed by atoms with Crippen molar-refractivity contribution in [3.05, 3.63) is 102 Å². The molecule has 25 heavy (non-hydrogen) atoms. The van der Waals surface area contributed by atoms with Crippen molar-refractivity contribution in [2.24, 2.45) is 5.92 Å². The molecule has 4 rings (SSSR count).